The lowest BCUT2D eigenvalue weighted by molar-refractivity contribution is 0.0734. The molecular formula is C14H18N4O. The number of aromatic amines is 1. The lowest BCUT2D eigenvalue weighted by atomic mass is 10.2. The summed E-state index contributed by atoms with van der Waals surface area (Å²) in [5.41, 5.74) is 2.50. The smallest absolute Gasteiger partial charge is 0.270 e. The standard InChI is InChI=1S/C14H18N4O/c1-4-11-5-6-13(17-11)14(19)18(3)10(2)12-7-8-15-9-16-12/h5-10,17H,4H2,1-3H3/t10-/m1/s1. The van der Waals surface area contributed by atoms with E-state index in [-0.39, 0.29) is 11.9 Å². The zero-order chi connectivity index (χ0) is 13.8. The van der Waals surface area contributed by atoms with Crippen molar-refractivity contribution in [3.63, 3.8) is 0 Å². The number of rotatable bonds is 4. The Kier molecular flexibility index (Phi) is 3.94. The number of carbonyl (C=O) groups excluding carboxylic acids is 1. The van der Waals surface area contributed by atoms with E-state index in [1.54, 1.807) is 18.1 Å². The summed E-state index contributed by atoms with van der Waals surface area (Å²) in [6.45, 7) is 4.00. The summed E-state index contributed by atoms with van der Waals surface area (Å²) >= 11 is 0. The van der Waals surface area contributed by atoms with Crippen LogP contribution >= 0.6 is 0 Å². The zero-order valence-corrected chi connectivity index (χ0v) is 11.4. The molecule has 0 fully saturated rings. The van der Waals surface area contributed by atoms with Crippen LogP contribution in [0.1, 0.15) is 41.8 Å². The van der Waals surface area contributed by atoms with Crippen LogP contribution in [0.2, 0.25) is 0 Å². The monoisotopic (exact) mass is 258 g/mol. The van der Waals surface area contributed by atoms with Gasteiger partial charge in [0.25, 0.3) is 5.91 Å². The fourth-order valence-corrected chi connectivity index (χ4v) is 1.88. The first-order valence-corrected chi connectivity index (χ1v) is 6.34. The minimum atomic E-state index is -0.0936. The molecular weight excluding hydrogens is 240 g/mol. The van der Waals surface area contributed by atoms with Gasteiger partial charge in [-0.15, -0.1) is 0 Å². The van der Waals surface area contributed by atoms with Crippen molar-refractivity contribution in [1.82, 2.24) is 19.9 Å². The van der Waals surface area contributed by atoms with Crippen LogP contribution in [-0.4, -0.2) is 32.8 Å². The average molecular weight is 258 g/mol. The van der Waals surface area contributed by atoms with Crippen molar-refractivity contribution in [3.05, 3.63) is 47.8 Å². The highest BCUT2D eigenvalue weighted by atomic mass is 16.2. The van der Waals surface area contributed by atoms with Crippen molar-refractivity contribution < 1.29 is 4.79 Å². The first-order valence-electron chi connectivity index (χ1n) is 6.34. The van der Waals surface area contributed by atoms with Crippen LogP contribution in [0, 0.1) is 0 Å². The van der Waals surface area contributed by atoms with E-state index < -0.39 is 0 Å². The first kappa shape index (κ1) is 13.3. The van der Waals surface area contributed by atoms with Crippen molar-refractivity contribution >= 4 is 5.91 Å². The van der Waals surface area contributed by atoms with Crippen molar-refractivity contribution in [1.29, 1.82) is 0 Å². The molecule has 0 aliphatic rings. The molecule has 2 aromatic rings. The molecule has 0 saturated carbocycles. The van der Waals surface area contributed by atoms with Gasteiger partial charge in [0.1, 0.15) is 12.0 Å². The van der Waals surface area contributed by atoms with Crippen molar-refractivity contribution in [2.75, 3.05) is 7.05 Å². The van der Waals surface area contributed by atoms with Gasteiger partial charge in [-0.05, 0) is 31.5 Å². The van der Waals surface area contributed by atoms with E-state index >= 15 is 0 Å². The predicted octanol–water partition coefficient (Wildman–Crippen LogP) is 2.20. The summed E-state index contributed by atoms with van der Waals surface area (Å²) in [5, 5.41) is 0. The summed E-state index contributed by atoms with van der Waals surface area (Å²) in [6, 6.07) is 5.49. The second-order valence-electron chi connectivity index (χ2n) is 4.48. The summed E-state index contributed by atoms with van der Waals surface area (Å²) in [7, 11) is 1.78. The van der Waals surface area contributed by atoms with Crippen LogP contribution in [0.25, 0.3) is 0 Å². The van der Waals surface area contributed by atoms with Crippen LogP contribution in [0.15, 0.2) is 30.7 Å². The number of nitrogens with zero attached hydrogens (tertiary/aromatic N) is 3. The number of H-pyrrole nitrogens is 1. The largest absolute Gasteiger partial charge is 0.354 e. The maximum atomic E-state index is 12.3. The molecule has 0 bridgehead atoms. The quantitative estimate of drug-likeness (QED) is 0.914. The van der Waals surface area contributed by atoms with E-state index in [9.17, 15) is 4.79 Å². The lowest BCUT2D eigenvalue weighted by Gasteiger charge is -2.23. The van der Waals surface area contributed by atoms with Crippen LogP contribution in [0.3, 0.4) is 0 Å². The summed E-state index contributed by atoms with van der Waals surface area (Å²) in [6.07, 6.45) is 4.06. The van der Waals surface area contributed by atoms with Gasteiger partial charge in [0, 0.05) is 18.9 Å². The maximum Gasteiger partial charge on any atom is 0.270 e. The van der Waals surface area contributed by atoms with Crippen molar-refractivity contribution in [3.8, 4) is 0 Å². The highest BCUT2D eigenvalue weighted by Crippen LogP contribution is 2.18. The van der Waals surface area contributed by atoms with Crippen LogP contribution in [-0.2, 0) is 6.42 Å². The molecule has 5 nitrogen and oxygen atoms in total. The zero-order valence-electron chi connectivity index (χ0n) is 11.4. The van der Waals surface area contributed by atoms with Crippen LogP contribution in [0.5, 0.6) is 0 Å². The fourth-order valence-electron chi connectivity index (χ4n) is 1.88. The number of carbonyl (C=O) groups is 1. The normalized spacial score (nSPS) is 12.2. The molecule has 0 unspecified atom stereocenters. The molecule has 1 atom stereocenters. The third-order valence-corrected chi connectivity index (χ3v) is 3.29. The predicted molar refractivity (Wildman–Crippen MR) is 72.7 cm³/mol. The van der Waals surface area contributed by atoms with Crippen molar-refractivity contribution in [2.24, 2.45) is 0 Å². The molecule has 1 N–H and O–H groups in total. The Bertz CT molecular complexity index is 550. The molecule has 2 aromatic heterocycles. The van der Waals surface area contributed by atoms with Gasteiger partial charge in [0.15, 0.2) is 0 Å². The second kappa shape index (κ2) is 5.65. The Labute approximate surface area is 112 Å². The number of hydrogen-bond donors (Lipinski definition) is 1. The van der Waals surface area contributed by atoms with E-state index in [0.717, 1.165) is 17.8 Å². The molecule has 0 saturated heterocycles. The molecule has 100 valence electrons. The Morgan fingerprint density at radius 2 is 2.21 bits per heavy atom. The minimum absolute atomic E-state index is 0.0363. The van der Waals surface area contributed by atoms with Gasteiger partial charge in [0.05, 0.1) is 11.7 Å². The summed E-state index contributed by atoms with van der Waals surface area (Å²) < 4.78 is 0. The summed E-state index contributed by atoms with van der Waals surface area (Å²) in [4.78, 5) is 25.2. The summed E-state index contributed by atoms with van der Waals surface area (Å²) in [5.74, 6) is -0.0363. The second-order valence-corrected chi connectivity index (χ2v) is 4.48. The third kappa shape index (κ3) is 2.81. The number of hydrogen-bond acceptors (Lipinski definition) is 3. The van der Waals surface area contributed by atoms with E-state index in [4.69, 9.17) is 0 Å². The molecule has 0 spiro atoms. The lowest BCUT2D eigenvalue weighted by Crippen LogP contribution is -2.30. The van der Waals surface area contributed by atoms with E-state index in [1.807, 2.05) is 32.0 Å². The van der Waals surface area contributed by atoms with E-state index in [0.29, 0.717) is 5.69 Å². The van der Waals surface area contributed by atoms with Gasteiger partial charge in [-0.1, -0.05) is 6.92 Å². The maximum absolute atomic E-state index is 12.3. The Hall–Kier alpha value is -2.17. The van der Waals surface area contributed by atoms with Gasteiger partial charge in [-0.25, -0.2) is 9.97 Å². The average Bonchev–Trinajstić information content (AvgIpc) is 2.94. The Morgan fingerprint density at radius 3 is 2.79 bits per heavy atom. The molecule has 1 amide bonds. The minimum Gasteiger partial charge on any atom is -0.354 e. The topological polar surface area (TPSA) is 61.9 Å². The van der Waals surface area contributed by atoms with Gasteiger partial charge >= 0.3 is 0 Å². The SMILES string of the molecule is CCc1ccc(C(=O)N(C)[C@H](C)c2ccncn2)[nH]1. The number of amides is 1. The van der Waals surface area contributed by atoms with Crippen LogP contribution < -0.4 is 0 Å². The van der Waals surface area contributed by atoms with Crippen molar-refractivity contribution in [2.45, 2.75) is 26.3 Å². The molecule has 2 heterocycles. The molecule has 0 aromatic carbocycles. The Morgan fingerprint density at radius 1 is 1.42 bits per heavy atom. The molecule has 19 heavy (non-hydrogen) atoms. The number of nitrogens with one attached hydrogen (secondary N) is 1. The van der Waals surface area contributed by atoms with E-state index in [1.165, 1.54) is 6.33 Å². The third-order valence-electron chi connectivity index (χ3n) is 3.29. The number of aromatic nitrogens is 3. The molecule has 2 rings (SSSR count). The highest BCUT2D eigenvalue weighted by Gasteiger charge is 2.20. The van der Waals surface area contributed by atoms with Gasteiger partial charge in [-0.3, -0.25) is 4.79 Å². The van der Waals surface area contributed by atoms with Gasteiger partial charge < -0.3 is 9.88 Å². The number of aryl methyl sites for hydroxylation is 1. The first-order chi connectivity index (χ1) is 9.13. The fraction of sp³-hybridized carbons (Fsp3) is 0.357. The molecule has 0 aliphatic heterocycles. The molecule has 0 radical (unpaired) electrons. The van der Waals surface area contributed by atoms with Crippen LogP contribution in [0.4, 0.5) is 0 Å². The van der Waals surface area contributed by atoms with Gasteiger partial charge in [0.2, 0.25) is 0 Å². The highest BCUT2D eigenvalue weighted by molar-refractivity contribution is 5.92. The van der Waals surface area contributed by atoms with Gasteiger partial charge in [-0.2, -0.15) is 0 Å². The Balaban J connectivity index is 2.15. The molecule has 0 aliphatic carbocycles. The van der Waals surface area contributed by atoms with E-state index in [2.05, 4.69) is 15.0 Å². The molecule has 5 heteroatoms.